The van der Waals surface area contributed by atoms with Gasteiger partial charge in [0.2, 0.25) is 0 Å². The predicted molar refractivity (Wildman–Crippen MR) is 103 cm³/mol. The van der Waals surface area contributed by atoms with E-state index in [9.17, 15) is 4.79 Å². The summed E-state index contributed by atoms with van der Waals surface area (Å²) >= 11 is 6.16. The molecule has 0 atom stereocenters. The number of hydrogen-bond acceptors (Lipinski definition) is 5. The number of amides is 1. The van der Waals surface area contributed by atoms with Crippen LogP contribution in [-0.4, -0.2) is 56.7 Å². The molecular formula is C19H19ClN6O. The minimum Gasteiger partial charge on any atom is -0.353 e. The number of carbonyl (C=O) groups excluding carboxylic acids is 1. The molecule has 1 fully saturated rings. The lowest BCUT2D eigenvalue weighted by molar-refractivity contribution is 0.0746. The second kappa shape index (κ2) is 7.36. The van der Waals surface area contributed by atoms with Gasteiger partial charge in [-0.05, 0) is 25.1 Å². The van der Waals surface area contributed by atoms with Crippen LogP contribution in [-0.2, 0) is 0 Å². The van der Waals surface area contributed by atoms with Crippen molar-refractivity contribution in [2.45, 2.75) is 6.92 Å². The van der Waals surface area contributed by atoms with Crippen molar-refractivity contribution in [3.8, 4) is 5.82 Å². The van der Waals surface area contributed by atoms with Crippen molar-refractivity contribution in [1.29, 1.82) is 0 Å². The molecule has 4 rings (SSSR count). The van der Waals surface area contributed by atoms with Gasteiger partial charge in [0.25, 0.3) is 5.91 Å². The summed E-state index contributed by atoms with van der Waals surface area (Å²) in [6.07, 6.45) is 3.57. The standard InChI is InChI=1S/C19H19ClN6O/c1-14-22-17(13-18(23-14)26-8-4-7-21-26)24-9-11-25(12-10-24)19(27)15-5-2-3-6-16(15)20/h2-8,13H,9-12H2,1H3. The molecule has 0 unspecified atom stereocenters. The zero-order valence-electron chi connectivity index (χ0n) is 14.9. The highest BCUT2D eigenvalue weighted by Crippen LogP contribution is 2.20. The summed E-state index contributed by atoms with van der Waals surface area (Å²) in [5.74, 6) is 2.24. The first-order chi connectivity index (χ1) is 13.1. The highest BCUT2D eigenvalue weighted by Gasteiger charge is 2.24. The molecule has 3 aromatic rings. The Balaban J connectivity index is 1.48. The molecule has 7 nitrogen and oxygen atoms in total. The van der Waals surface area contributed by atoms with E-state index in [1.165, 1.54) is 0 Å². The van der Waals surface area contributed by atoms with Crippen LogP contribution in [0.1, 0.15) is 16.2 Å². The van der Waals surface area contributed by atoms with Gasteiger partial charge in [0.15, 0.2) is 5.82 Å². The molecule has 0 bridgehead atoms. The highest BCUT2D eigenvalue weighted by atomic mass is 35.5. The maximum absolute atomic E-state index is 12.7. The number of anilines is 1. The summed E-state index contributed by atoms with van der Waals surface area (Å²) in [7, 11) is 0. The lowest BCUT2D eigenvalue weighted by atomic mass is 10.2. The molecule has 3 heterocycles. The fraction of sp³-hybridized carbons (Fsp3) is 0.263. The van der Waals surface area contributed by atoms with Crippen LogP contribution in [0.15, 0.2) is 48.8 Å². The zero-order chi connectivity index (χ0) is 18.8. The number of piperazine rings is 1. The number of benzene rings is 1. The average molecular weight is 383 g/mol. The predicted octanol–water partition coefficient (Wildman–Crippen LogP) is 2.59. The van der Waals surface area contributed by atoms with Gasteiger partial charge in [0.1, 0.15) is 11.6 Å². The first-order valence-electron chi connectivity index (χ1n) is 8.76. The van der Waals surface area contributed by atoms with Crippen molar-refractivity contribution in [3.63, 3.8) is 0 Å². The van der Waals surface area contributed by atoms with E-state index in [4.69, 9.17) is 11.6 Å². The maximum Gasteiger partial charge on any atom is 0.255 e. The Morgan fingerprint density at radius 2 is 1.78 bits per heavy atom. The topological polar surface area (TPSA) is 67.2 Å². The van der Waals surface area contributed by atoms with Crippen LogP contribution >= 0.6 is 11.6 Å². The van der Waals surface area contributed by atoms with E-state index in [-0.39, 0.29) is 5.91 Å². The van der Waals surface area contributed by atoms with Crippen LogP contribution < -0.4 is 4.90 Å². The molecule has 1 amide bonds. The van der Waals surface area contributed by atoms with Crippen molar-refractivity contribution in [2.24, 2.45) is 0 Å². The number of aryl methyl sites for hydroxylation is 1. The highest BCUT2D eigenvalue weighted by molar-refractivity contribution is 6.33. The first-order valence-corrected chi connectivity index (χ1v) is 9.14. The number of carbonyl (C=O) groups is 1. The molecule has 0 aliphatic carbocycles. The Morgan fingerprint density at radius 3 is 2.48 bits per heavy atom. The van der Waals surface area contributed by atoms with Gasteiger partial charge in [-0.25, -0.2) is 14.6 Å². The summed E-state index contributed by atoms with van der Waals surface area (Å²) in [6.45, 7) is 4.50. The average Bonchev–Trinajstić information content (AvgIpc) is 3.22. The smallest absolute Gasteiger partial charge is 0.255 e. The Morgan fingerprint density at radius 1 is 1.04 bits per heavy atom. The maximum atomic E-state index is 12.7. The zero-order valence-corrected chi connectivity index (χ0v) is 15.7. The summed E-state index contributed by atoms with van der Waals surface area (Å²) in [5, 5.41) is 4.72. The Hall–Kier alpha value is -2.93. The Bertz CT molecular complexity index is 951. The van der Waals surface area contributed by atoms with E-state index in [0.717, 1.165) is 11.6 Å². The van der Waals surface area contributed by atoms with E-state index in [1.54, 1.807) is 23.0 Å². The monoisotopic (exact) mass is 382 g/mol. The SMILES string of the molecule is Cc1nc(N2CCN(C(=O)c3ccccc3Cl)CC2)cc(-n2cccn2)n1. The number of halogens is 1. The van der Waals surface area contributed by atoms with Gasteiger partial charge in [-0.3, -0.25) is 4.79 Å². The molecule has 27 heavy (non-hydrogen) atoms. The molecule has 0 spiro atoms. The second-order valence-electron chi connectivity index (χ2n) is 6.34. The van der Waals surface area contributed by atoms with Gasteiger partial charge in [0.05, 0.1) is 10.6 Å². The normalized spacial score (nSPS) is 14.4. The number of rotatable bonds is 3. The first kappa shape index (κ1) is 17.5. The third-order valence-corrected chi connectivity index (χ3v) is 4.87. The number of aromatic nitrogens is 4. The molecule has 138 valence electrons. The third-order valence-electron chi connectivity index (χ3n) is 4.55. The molecule has 1 saturated heterocycles. The largest absolute Gasteiger partial charge is 0.353 e. The molecule has 0 saturated carbocycles. The van der Waals surface area contributed by atoms with Gasteiger partial charge in [-0.15, -0.1) is 0 Å². The Kier molecular flexibility index (Phi) is 4.77. The van der Waals surface area contributed by atoms with Crippen LogP contribution in [0.4, 0.5) is 5.82 Å². The molecule has 1 aromatic carbocycles. The molecule has 0 radical (unpaired) electrons. The molecular weight excluding hydrogens is 364 g/mol. The van der Waals surface area contributed by atoms with Gasteiger partial charge in [-0.1, -0.05) is 23.7 Å². The van der Waals surface area contributed by atoms with Crippen LogP contribution in [0.3, 0.4) is 0 Å². The van der Waals surface area contributed by atoms with Crippen molar-refractivity contribution in [3.05, 3.63) is 65.2 Å². The van der Waals surface area contributed by atoms with Crippen LogP contribution in [0.5, 0.6) is 0 Å². The molecule has 8 heteroatoms. The molecule has 2 aromatic heterocycles. The van der Waals surface area contributed by atoms with Gasteiger partial charge < -0.3 is 9.80 Å². The fourth-order valence-electron chi connectivity index (χ4n) is 3.16. The lowest BCUT2D eigenvalue weighted by Crippen LogP contribution is -2.49. The van der Waals surface area contributed by atoms with Crippen molar-refractivity contribution < 1.29 is 4.79 Å². The molecule has 1 aliphatic heterocycles. The summed E-state index contributed by atoms with van der Waals surface area (Å²) in [5.41, 5.74) is 0.548. The Labute approximate surface area is 162 Å². The van der Waals surface area contributed by atoms with E-state index < -0.39 is 0 Å². The summed E-state index contributed by atoms with van der Waals surface area (Å²) in [6, 6.07) is 10.9. The van der Waals surface area contributed by atoms with Crippen molar-refractivity contribution in [1.82, 2.24) is 24.6 Å². The van der Waals surface area contributed by atoms with E-state index in [2.05, 4.69) is 20.0 Å². The van der Waals surface area contributed by atoms with E-state index in [0.29, 0.717) is 42.6 Å². The number of hydrogen-bond donors (Lipinski definition) is 0. The van der Waals surface area contributed by atoms with E-state index >= 15 is 0 Å². The van der Waals surface area contributed by atoms with Crippen molar-refractivity contribution >= 4 is 23.3 Å². The minimum absolute atomic E-state index is 0.0312. The second-order valence-corrected chi connectivity index (χ2v) is 6.75. The van der Waals surface area contributed by atoms with Crippen molar-refractivity contribution in [2.75, 3.05) is 31.1 Å². The quantitative estimate of drug-likeness (QED) is 0.696. The lowest BCUT2D eigenvalue weighted by Gasteiger charge is -2.35. The third kappa shape index (κ3) is 3.64. The van der Waals surface area contributed by atoms with Crippen LogP contribution in [0.2, 0.25) is 5.02 Å². The minimum atomic E-state index is -0.0312. The number of nitrogens with zero attached hydrogens (tertiary/aromatic N) is 6. The summed E-state index contributed by atoms with van der Waals surface area (Å²) in [4.78, 5) is 25.7. The molecule has 0 N–H and O–H groups in total. The van der Waals surface area contributed by atoms with Crippen LogP contribution in [0.25, 0.3) is 5.82 Å². The molecule has 1 aliphatic rings. The van der Waals surface area contributed by atoms with Gasteiger partial charge >= 0.3 is 0 Å². The summed E-state index contributed by atoms with van der Waals surface area (Å²) < 4.78 is 1.72. The van der Waals surface area contributed by atoms with E-state index in [1.807, 2.05) is 42.3 Å². The van der Waals surface area contributed by atoms with Crippen LogP contribution in [0, 0.1) is 6.92 Å². The fourth-order valence-corrected chi connectivity index (χ4v) is 3.38. The van der Waals surface area contributed by atoms with Gasteiger partial charge in [0, 0.05) is 44.6 Å². The van der Waals surface area contributed by atoms with Gasteiger partial charge in [-0.2, -0.15) is 5.10 Å².